The van der Waals surface area contributed by atoms with Crippen LogP contribution in [0.25, 0.3) is 0 Å². The predicted octanol–water partition coefficient (Wildman–Crippen LogP) is 2.31. The van der Waals surface area contributed by atoms with Gasteiger partial charge < -0.3 is 10.6 Å². The maximum Gasteiger partial charge on any atom is -0.000835 e. The van der Waals surface area contributed by atoms with Crippen LogP contribution in [0.5, 0.6) is 0 Å². The first kappa shape index (κ1) is 13.1. The van der Waals surface area contributed by atoms with Crippen LogP contribution in [0.4, 0.5) is 0 Å². The summed E-state index contributed by atoms with van der Waals surface area (Å²) in [6, 6.07) is 7.11. The summed E-state index contributed by atoms with van der Waals surface area (Å²) >= 11 is 0. The molecule has 0 aromatic heterocycles. The number of hydrogen-bond acceptors (Lipinski definition) is 2. The Morgan fingerprint density at radius 3 is 3.00 bits per heavy atom. The summed E-state index contributed by atoms with van der Waals surface area (Å²) < 4.78 is 0. The standard InChI is InChI=1S/C17H26N2/c1-2-16-5-4-14(12-17(16)3-1)6-9-18-10-7-15-8-11-19-13-15/h4-5,12,15,18-19H,1-3,6-11,13H2. The van der Waals surface area contributed by atoms with E-state index in [0.717, 1.165) is 12.5 Å². The summed E-state index contributed by atoms with van der Waals surface area (Å²) in [7, 11) is 0. The molecule has 3 rings (SSSR count). The maximum atomic E-state index is 3.60. The van der Waals surface area contributed by atoms with Crippen molar-refractivity contribution in [3.05, 3.63) is 34.9 Å². The van der Waals surface area contributed by atoms with Crippen molar-refractivity contribution in [2.75, 3.05) is 26.2 Å². The summed E-state index contributed by atoms with van der Waals surface area (Å²) in [6.07, 6.45) is 7.82. The molecular weight excluding hydrogens is 232 g/mol. The van der Waals surface area contributed by atoms with E-state index in [9.17, 15) is 0 Å². The molecule has 1 aromatic rings. The molecule has 0 bridgehead atoms. The molecule has 19 heavy (non-hydrogen) atoms. The highest BCUT2D eigenvalue weighted by atomic mass is 14.9. The van der Waals surface area contributed by atoms with Gasteiger partial charge >= 0.3 is 0 Å². The second-order valence-electron chi connectivity index (χ2n) is 6.10. The van der Waals surface area contributed by atoms with Crippen LogP contribution in [-0.4, -0.2) is 26.2 Å². The van der Waals surface area contributed by atoms with Gasteiger partial charge in [-0.05, 0) is 87.3 Å². The smallest absolute Gasteiger partial charge is 0.000835 e. The third-order valence-corrected chi connectivity index (χ3v) is 4.65. The Morgan fingerprint density at radius 2 is 2.11 bits per heavy atom. The molecule has 1 atom stereocenters. The van der Waals surface area contributed by atoms with Gasteiger partial charge in [-0.2, -0.15) is 0 Å². The molecule has 0 spiro atoms. The maximum absolute atomic E-state index is 3.60. The molecule has 2 nitrogen and oxygen atoms in total. The lowest BCUT2D eigenvalue weighted by Crippen LogP contribution is -2.21. The van der Waals surface area contributed by atoms with Gasteiger partial charge in [0.1, 0.15) is 0 Å². The zero-order valence-corrected chi connectivity index (χ0v) is 11.9. The minimum absolute atomic E-state index is 0.910. The van der Waals surface area contributed by atoms with Crippen molar-refractivity contribution in [1.29, 1.82) is 0 Å². The van der Waals surface area contributed by atoms with Gasteiger partial charge in [0.25, 0.3) is 0 Å². The fourth-order valence-electron chi connectivity index (χ4n) is 3.41. The molecule has 1 saturated heterocycles. The van der Waals surface area contributed by atoms with Crippen molar-refractivity contribution < 1.29 is 0 Å². The normalized spacial score (nSPS) is 21.8. The fraction of sp³-hybridized carbons (Fsp3) is 0.647. The summed E-state index contributed by atoms with van der Waals surface area (Å²) in [5.41, 5.74) is 4.70. The number of benzene rings is 1. The Hall–Kier alpha value is -0.860. The molecule has 1 fully saturated rings. The Bertz CT molecular complexity index is 408. The number of aryl methyl sites for hydroxylation is 2. The number of rotatable bonds is 6. The van der Waals surface area contributed by atoms with Crippen LogP contribution < -0.4 is 10.6 Å². The number of nitrogens with one attached hydrogen (secondary N) is 2. The molecule has 2 heteroatoms. The Kier molecular flexibility index (Phi) is 4.52. The first-order chi connectivity index (χ1) is 9.42. The average molecular weight is 258 g/mol. The van der Waals surface area contributed by atoms with Gasteiger partial charge in [-0.3, -0.25) is 0 Å². The fourth-order valence-corrected chi connectivity index (χ4v) is 3.41. The molecular formula is C17H26N2. The largest absolute Gasteiger partial charge is 0.316 e. The first-order valence-electron chi connectivity index (χ1n) is 7.94. The van der Waals surface area contributed by atoms with Gasteiger partial charge in [0.05, 0.1) is 0 Å². The van der Waals surface area contributed by atoms with Crippen LogP contribution in [0.1, 0.15) is 36.0 Å². The molecule has 1 heterocycles. The molecule has 2 N–H and O–H groups in total. The second kappa shape index (κ2) is 6.53. The van der Waals surface area contributed by atoms with E-state index in [1.54, 1.807) is 11.1 Å². The quantitative estimate of drug-likeness (QED) is 0.765. The van der Waals surface area contributed by atoms with E-state index >= 15 is 0 Å². The molecule has 0 saturated carbocycles. The van der Waals surface area contributed by atoms with Crippen LogP contribution in [0.3, 0.4) is 0 Å². The first-order valence-corrected chi connectivity index (χ1v) is 7.94. The predicted molar refractivity (Wildman–Crippen MR) is 80.6 cm³/mol. The van der Waals surface area contributed by atoms with Gasteiger partial charge in [-0.1, -0.05) is 18.2 Å². The highest BCUT2D eigenvalue weighted by Gasteiger charge is 2.13. The van der Waals surface area contributed by atoms with Crippen molar-refractivity contribution in [1.82, 2.24) is 10.6 Å². The highest BCUT2D eigenvalue weighted by molar-refractivity contribution is 5.35. The molecule has 2 aliphatic rings. The molecule has 1 unspecified atom stereocenters. The van der Waals surface area contributed by atoms with E-state index in [1.165, 1.54) is 63.7 Å². The average Bonchev–Trinajstić information content (AvgIpc) is 3.08. The van der Waals surface area contributed by atoms with Crippen molar-refractivity contribution in [2.24, 2.45) is 5.92 Å². The molecule has 0 amide bonds. The Labute approximate surface area is 117 Å². The van der Waals surface area contributed by atoms with E-state index in [1.807, 2.05) is 0 Å². The van der Waals surface area contributed by atoms with Crippen LogP contribution >= 0.6 is 0 Å². The number of fused-ring (bicyclic) bond motifs is 1. The molecule has 0 radical (unpaired) electrons. The van der Waals surface area contributed by atoms with E-state index in [2.05, 4.69) is 28.8 Å². The lowest BCUT2D eigenvalue weighted by atomic mass is 10.0. The minimum atomic E-state index is 0.910. The highest BCUT2D eigenvalue weighted by Crippen LogP contribution is 2.22. The zero-order valence-electron chi connectivity index (χ0n) is 11.9. The summed E-state index contributed by atoms with van der Waals surface area (Å²) in [6.45, 7) is 4.75. The van der Waals surface area contributed by atoms with Gasteiger partial charge in [0.2, 0.25) is 0 Å². The van der Waals surface area contributed by atoms with E-state index in [0.29, 0.717) is 0 Å². The van der Waals surface area contributed by atoms with Crippen molar-refractivity contribution in [3.8, 4) is 0 Å². The Morgan fingerprint density at radius 1 is 1.16 bits per heavy atom. The van der Waals surface area contributed by atoms with Crippen LogP contribution in [0, 0.1) is 5.92 Å². The van der Waals surface area contributed by atoms with Gasteiger partial charge in [0.15, 0.2) is 0 Å². The SMILES string of the molecule is c1cc2c(cc1CCNCCC1CCNC1)CCC2. The minimum Gasteiger partial charge on any atom is -0.316 e. The lowest BCUT2D eigenvalue weighted by molar-refractivity contribution is 0.501. The number of hydrogen-bond donors (Lipinski definition) is 2. The van der Waals surface area contributed by atoms with Crippen molar-refractivity contribution >= 4 is 0 Å². The second-order valence-corrected chi connectivity index (χ2v) is 6.10. The van der Waals surface area contributed by atoms with Gasteiger partial charge in [-0.25, -0.2) is 0 Å². The van der Waals surface area contributed by atoms with Gasteiger partial charge in [-0.15, -0.1) is 0 Å². The summed E-state index contributed by atoms with van der Waals surface area (Å²) in [4.78, 5) is 0. The topological polar surface area (TPSA) is 24.1 Å². The molecule has 1 aliphatic carbocycles. The third kappa shape index (κ3) is 3.58. The Balaban J connectivity index is 1.35. The zero-order chi connectivity index (χ0) is 12.9. The van der Waals surface area contributed by atoms with Crippen LogP contribution in [0.2, 0.25) is 0 Å². The summed E-state index contributed by atoms with van der Waals surface area (Å²) in [5, 5.41) is 7.04. The van der Waals surface area contributed by atoms with Crippen molar-refractivity contribution in [3.63, 3.8) is 0 Å². The summed E-state index contributed by atoms with van der Waals surface area (Å²) in [5.74, 6) is 0.910. The molecule has 104 valence electrons. The van der Waals surface area contributed by atoms with Crippen molar-refractivity contribution in [2.45, 2.75) is 38.5 Å². The van der Waals surface area contributed by atoms with E-state index in [4.69, 9.17) is 0 Å². The van der Waals surface area contributed by atoms with Gasteiger partial charge in [0, 0.05) is 0 Å². The lowest BCUT2D eigenvalue weighted by Gasteiger charge is -2.10. The molecule has 1 aromatic carbocycles. The van der Waals surface area contributed by atoms with E-state index < -0.39 is 0 Å². The van der Waals surface area contributed by atoms with Crippen LogP contribution in [0.15, 0.2) is 18.2 Å². The third-order valence-electron chi connectivity index (χ3n) is 4.65. The van der Waals surface area contributed by atoms with E-state index in [-0.39, 0.29) is 0 Å². The molecule has 1 aliphatic heterocycles. The monoisotopic (exact) mass is 258 g/mol. The van der Waals surface area contributed by atoms with Crippen LogP contribution in [-0.2, 0) is 19.3 Å².